The number of nitrogens with two attached hydrogens (primary N) is 1. The highest BCUT2D eigenvalue weighted by Gasteiger charge is 2.51. The summed E-state index contributed by atoms with van der Waals surface area (Å²) in [6.45, 7) is 0.463. The van der Waals surface area contributed by atoms with E-state index in [1.165, 1.54) is 38.5 Å². The van der Waals surface area contributed by atoms with Crippen LogP contribution in [0.4, 0.5) is 5.82 Å². The molecule has 0 spiro atoms. The van der Waals surface area contributed by atoms with E-state index in [-0.39, 0.29) is 0 Å². The van der Waals surface area contributed by atoms with Gasteiger partial charge >= 0.3 is 0 Å². The topological polar surface area (TPSA) is 63.8 Å². The minimum Gasteiger partial charge on any atom is -0.363 e. The predicted octanol–water partition coefficient (Wildman–Crippen LogP) is 2.32. The monoisotopic (exact) mass is 258 g/mol. The lowest BCUT2D eigenvalue weighted by Gasteiger charge is -2.57. The highest BCUT2D eigenvalue weighted by Crippen LogP contribution is 2.56. The molecule has 0 unspecified atom stereocenters. The first-order valence-corrected chi connectivity index (χ1v) is 7.55. The molecule has 0 amide bonds. The molecule has 3 N–H and O–H groups in total. The largest absolute Gasteiger partial charge is 0.363 e. The molecule has 4 aliphatic carbocycles. The predicted molar refractivity (Wildman–Crippen MR) is 74.4 cm³/mol. The van der Waals surface area contributed by atoms with Crippen molar-refractivity contribution in [2.24, 2.45) is 23.5 Å². The molecule has 0 aliphatic heterocycles. The Bertz CT molecular complexity index is 432. The van der Waals surface area contributed by atoms with Crippen molar-refractivity contribution in [3.05, 3.63) is 17.8 Å². The fourth-order valence-electron chi connectivity index (χ4n) is 5.07. The van der Waals surface area contributed by atoms with Crippen LogP contribution in [0.2, 0.25) is 0 Å². The van der Waals surface area contributed by atoms with Crippen LogP contribution in [0.25, 0.3) is 0 Å². The Balaban J connectivity index is 1.55. The zero-order chi connectivity index (χ0) is 12.9. The molecule has 1 aromatic heterocycles. The Labute approximate surface area is 114 Å². The van der Waals surface area contributed by atoms with Gasteiger partial charge in [0.1, 0.15) is 5.82 Å². The number of nitrogens with one attached hydrogen (secondary N) is 1. The van der Waals surface area contributed by atoms with Gasteiger partial charge in [0.05, 0.1) is 5.69 Å². The van der Waals surface area contributed by atoms with Crippen LogP contribution < -0.4 is 11.1 Å². The van der Waals surface area contributed by atoms with Gasteiger partial charge in [0.2, 0.25) is 0 Å². The molecule has 1 heterocycles. The fourth-order valence-corrected chi connectivity index (χ4v) is 5.07. The zero-order valence-corrected chi connectivity index (χ0v) is 11.3. The van der Waals surface area contributed by atoms with E-state index in [0.717, 1.165) is 29.3 Å². The van der Waals surface area contributed by atoms with Crippen LogP contribution in [0.15, 0.2) is 12.1 Å². The first-order valence-electron chi connectivity index (χ1n) is 7.55. The van der Waals surface area contributed by atoms with Gasteiger partial charge in [-0.3, -0.25) is 0 Å². The van der Waals surface area contributed by atoms with Gasteiger partial charge in [-0.2, -0.15) is 5.10 Å². The third kappa shape index (κ3) is 2.02. The summed E-state index contributed by atoms with van der Waals surface area (Å²) in [4.78, 5) is 0. The van der Waals surface area contributed by atoms with Gasteiger partial charge < -0.3 is 11.1 Å². The van der Waals surface area contributed by atoms with Crippen molar-refractivity contribution in [1.82, 2.24) is 10.2 Å². The smallest absolute Gasteiger partial charge is 0.149 e. The van der Waals surface area contributed by atoms with E-state index >= 15 is 0 Å². The summed E-state index contributed by atoms with van der Waals surface area (Å²) in [7, 11) is 0. The third-order valence-electron chi connectivity index (χ3n) is 5.36. The molecule has 5 rings (SSSR count). The standard InChI is InChI=1S/C15H22N4/c16-9-13-1-2-14(19-18-13)17-15-6-10-3-11(7-15)5-12(4-10)8-15/h1-2,10-12H,3-9,16H2,(H,17,19). The first kappa shape index (κ1) is 11.6. The minimum atomic E-state index is 0.313. The van der Waals surface area contributed by atoms with Crippen molar-refractivity contribution in [3.63, 3.8) is 0 Å². The van der Waals surface area contributed by atoms with Crippen LogP contribution >= 0.6 is 0 Å². The lowest BCUT2D eigenvalue weighted by atomic mass is 9.53. The van der Waals surface area contributed by atoms with Gasteiger partial charge in [0.15, 0.2) is 0 Å². The van der Waals surface area contributed by atoms with E-state index in [0.29, 0.717) is 12.1 Å². The number of anilines is 1. The molecule has 4 heteroatoms. The molecule has 4 fully saturated rings. The zero-order valence-electron chi connectivity index (χ0n) is 11.3. The van der Waals surface area contributed by atoms with Gasteiger partial charge in [0, 0.05) is 12.1 Å². The highest BCUT2D eigenvalue weighted by molar-refractivity contribution is 5.38. The fraction of sp³-hybridized carbons (Fsp3) is 0.733. The molecule has 4 saturated carbocycles. The van der Waals surface area contributed by atoms with E-state index in [1.807, 2.05) is 12.1 Å². The summed E-state index contributed by atoms with van der Waals surface area (Å²) < 4.78 is 0. The minimum absolute atomic E-state index is 0.313. The quantitative estimate of drug-likeness (QED) is 0.873. The van der Waals surface area contributed by atoms with Gasteiger partial charge in [-0.25, -0.2) is 0 Å². The van der Waals surface area contributed by atoms with Crippen molar-refractivity contribution in [2.75, 3.05) is 5.32 Å². The van der Waals surface area contributed by atoms with Crippen molar-refractivity contribution in [2.45, 2.75) is 50.6 Å². The van der Waals surface area contributed by atoms with Crippen LogP contribution in [0.5, 0.6) is 0 Å². The Kier molecular flexibility index (Phi) is 2.56. The molecule has 4 aliphatic rings. The summed E-state index contributed by atoms with van der Waals surface area (Å²) in [5.74, 6) is 3.79. The Morgan fingerprint density at radius 1 is 1.05 bits per heavy atom. The lowest BCUT2D eigenvalue weighted by Crippen LogP contribution is -2.54. The summed E-state index contributed by atoms with van der Waals surface area (Å²) in [6, 6.07) is 4.02. The molecule has 19 heavy (non-hydrogen) atoms. The Hall–Kier alpha value is -1.16. The van der Waals surface area contributed by atoms with Gasteiger partial charge in [-0.1, -0.05) is 0 Å². The third-order valence-corrected chi connectivity index (χ3v) is 5.36. The summed E-state index contributed by atoms with van der Waals surface area (Å²) in [5, 5.41) is 12.2. The number of hydrogen-bond donors (Lipinski definition) is 2. The van der Waals surface area contributed by atoms with Gasteiger partial charge in [0.25, 0.3) is 0 Å². The van der Waals surface area contributed by atoms with Crippen LogP contribution in [-0.2, 0) is 6.54 Å². The van der Waals surface area contributed by atoms with E-state index in [1.54, 1.807) is 0 Å². The van der Waals surface area contributed by atoms with E-state index in [9.17, 15) is 0 Å². The van der Waals surface area contributed by atoms with E-state index in [4.69, 9.17) is 5.73 Å². The average Bonchev–Trinajstić information content (AvgIpc) is 2.37. The SMILES string of the molecule is NCc1ccc(NC23CC4CC(CC(C4)C2)C3)nn1. The van der Waals surface area contributed by atoms with Crippen LogP contribution in [-0.4, -0.2) is 15.7 Å². The van der Waals surface area contributed by atoms with Gasteiger partial charge in [-0.15, -0.1) is 5.10 Å². The second-order valence-corrected chi connectivity index (χ2v) is 6.94. The van der Waals surface area contributed by atoms with Crippen molar-refractivity contribution in [3.8, 4) is 0 Å². The molecule has 0 radical (unpaired) electrons. The maximum absolute atomic E-state index is 5.56. The molecule has 4 bridgehead atoms. The van der Waals surface area contributed by atoms with Crippen molar-refractivity contribution < 1.29 is 0 Å². The molecule has 0 saturated heterocycles. The Morgan fingerprint density at radius 2 is 1.68 bits per heavy atom. The first-order chi connectivity index (χ1) is 9.25. The van der Waals surface area contributed by atoms with Crippen molar-refractivity contribution in [1.29, 1.82) is 0 Å². The molecular weight excluding hydrogens is 236 g/mol. The second kappa shape index (κ2) is 4.17. The second-order valence-electron chi connectivity index (χ2n) is 6.94. The lowest BCUT2D eigenvalue weighted by molar-refractivity contribution is 0.0105. The maximum atomic E-state index is 5.56. The van der Waals surface area contributed by atoms with Crippen LogP contribution in [0, 0.1) is 17.8 Å². The summed E-state index contributed by atoms with van der Waals surface area (Å²) >= 11 is 0. The Morgan fingerprint density at radius 3 is 2.16 bits per heavy atom. The van der Waals surface area contributed by atoms with Gasteiger partial charge in [-0.05, 0) is 68.4 Å². The molecular formula is C15H22N4. The average molecular weight is 258 g/mol. The highest BCUT2D eigenvalue weighted by atomic mass is 15.2. The number of rotatable bonds is 3. The molecule has 4 nitrogen and oxygen atoms in total. The molecule has 0 aromatic carbocycles. The van der Waals surface area contributed by atoms with Crippen LogP contribution in [0.3, 0.4) is 0 Å². The number of nitrogens with zero attached hydrogens (tertiary/aromatic N) is 2. The van der Waals surface area contributed by atoms with E-state index < -0.39 is 0 Å². The van der Waals surface area contributed by atoms with Crippen molar-refractivity contribution >= 4 is 5.82 Å². The van der Waals surface area contributed by atoms with Crippen LogP contribution in [0.1, 0.15) is 44.2 Å². The number of hydrogen-bond acceptors (Lipinski definition) is 4. The summed E-state index contributed by atoms with van der Waals surface area (Å²) in [5.41, 5.74) is 6.74. The van der Waals surface area contributed by atoms with E-state index in [2.05, 4.69) is 15.5 Å². The summed E-state index contributed by atoms with van der Waals surface area (Å²) in [6.07, 6.45) is 8.41. The molecule has 102 valence electrons. The molecule has 1 aromatic rings. The maximum Gasteiger partial charge on any atom is 0.149 e. The number of aromatic nitrogens is 2. The molecule has 0 atom stereocenters. The normalized spacial score (nSPS) is 39.5.